The fourth-order valence-corrected chi connectivity index (χ4v) is 1.48. The van der Waals surface area contributed by atoms with Gasteiger partial charge in [0.1, 0.15) is 5.75 Å². The molecule has 0 amide bonds. The van der Waals surface area contributed by atoms with Crippen LogP contribution in [-0.2, 0) is 6.18 Å². The van der Waals surface area contributed by atoms with Crippen LogP contribution in [0.2, 0.25) is 0 Å². The maximum absolute atomic E-state index is 12.7. The van der Waals surface area contributed by atoms with E-state index in [9.17, 15) is 18.0 Å². The van der Waals surface area contributed by atoms with Crippen molar-refractivity contribution < 1.29 is 27.1 Å². The van der Waals surface area contributed by atoms with Crippen molar-refractivity contribution >= 4 is 5.78 Å². The summed E-state index contributed by atoms with van der Waals surface area (Å²) in [5, 5.41) is 0. The smallest absolute Gasteiger partial charge is 0.419 e. The lowest BCUT2D eigenvalue weighted by atomic mass is 10.2. The molecular formula is C13H9F3O3. The summed E-state index contributed by atoms with van der Waals surface area (Å²) in [6.07, 6.45) is -3.22. The second-order valence-electron chi connectivity index (χ2n) is 3.68. The Hall–Kier alpha value is -2.24. The average molecular weight is 270 g/mol. The molecule has 0 saturated heterocycles. The Morgan fingerprint density at radius 1 is 1.16 bits per heavy atom. The summed E-state index contributed by atoms with van der Waals surface area (Å²) in [5.74, 6) is -0.860. The topological polar surface area (TPSA) is 39.4 Å². The first kappa shape index (κ1) is 13.2. The number of furan rings is 1. The molecule has 2 rings (SSSR count). The molecule has 0 aliphatic carbocycles. The zero-order valence-corrected chi connectivity index (χ0v) is 9.61. The Balaban J connectivity index is 2.10. The summed E-state index contributed by atoms with van der Waals surface area (Å²) >= 11 is 0. The third-order valence-electron chi connectivity index (χ3n) is 2.35. The van der Waals surface area contributed by atoms with Crippen molar-refractivity contribution in [1.82, 2.24) is 0 Å². The molecule has 0 bridgehead atoms. The van der Waals surface area contributed by atoms with Crippen molar-refractivity contribution in [3.05, 3.63) is 54.0 Å². The predicted octanol–water partition coefficient (Wildman–Crippen LogP) is 3.56. The van der Waals surface area contributed by atoms with E-state index in [1.807, 2.05) is 0 Å². The lowest BCUT2D eigenvalue weighted by Crippen LogP contribution is -2.14. The van der Waals surface area contributed by atoms with Gasteiger partial charge in [0.05, 0.1) is 11.8 Å². The molecule has 0 atom stereocenters. The van der Waals surface area contributed by atoms with Gasteiger partial charge < -0.3 is 9.15 Å². The van der Waals surface area contributed by atoms with Gasteiger partial charge in [-0.1, -0.05) is 12.1 Å². The van der Waals surface area contributed by atoms with Gasteiger partial charge in [0.25, 0.3) is 0 Å². The molecule has 1 aromatic carbocycles. The molecule has 1 aromatic heterocycles. The van der Waals surface area contributed by atoms with Crippen LogP contribution in [0.15, 0.2) is 47.1 Å². The second-order valence-corrected chi connectivity index (χ2v) is 3.68. The number of hydrogen-bond acceptors (Lipinski definition) is 3. The van der Waals surface area contributed by atoms with Crippen molar-refractivity contribution in [3.63, 3.8) is 0 Å². The summed E-state index contributed by atoms with van der Waals surface area (Å²) in [6, 6.07) is 7.65. The lowest BCUT2D eigenvalue weighted by Gasteiger charge is -2.12. The Morgan fingerprint density at radius 2 is 1.89 bits per heavy atom. The number of halogens is 3. The molecule has 3 nitrogen and oxygen atoms in total. The summed E-state index contributed by atoms with van der Waals surface area (Å²) in [4.78, 5) is 11.5. The van der Waals surface area contributed by atoms with Gasteiger partial charge in [0.15, 0.2) is 12.4 Å². The lowest BCUT2D eigenvalue weighted by molar-refractivity contribution is -0.138. The molecule has 100 valence electrons. The molecule has 0 radical (unpaired) electrons. The Kier molecular flexibility index (Phi) is 3.59. The van der Waals surface area contributed by atoms with E-state index in [0.717, 1.165) is 12.1 Å². The molecule has 0 aliphatic rings. The monoisotopic (exact) mass is 270 g/mol. The number of carbonyl (C=O) groups is 1. The van der Waals surface area contributed by atoms with Gasteiger partial charge in [0, 0.05) is 0 Å². The third kappa shape index (κ3) is 3.15. The van der Waals surface area contributed by atoms with Crippen molar-refractivity contribution in [1.29, 1.82) is 0 Å². The minimum absolute atomic E-state index is 0.0458. The fourth-order valence-electron chi connectivity index (χ4n) is 1.48. The van der Waals surface area contributed by atoms with Crippen LogP contribution in [0.1, 0.15) is 16.1 Å². The van der Waals surface area contributed by atoms with Crippen LogP contribution in [0, 0.1) is 0 Å². The van der Waals surface area contributed by atoms with Crippen LogP contribution in [-0.4, -0.2) is 12.4 Å². The number of ether oxygens (including phenoxy) is 1. The van der Waals surface area contributed by atoms with E-state index in [4.69, 9.17) is 9.15 Å². The van der Waals surface area contributed by atoms with Crippen LogP contribution >= 0.6 is 0 Å². The molecule has 0 spiro atoms. The number of alkyl halides is 3. The Bertz CT molecular complexity index is 559. The normalized spacial score (nSPS) is 11.3. The Morgan fingerprint density at radius 3 is 2.53 bits per heavy atom. The highest BCUT2D eigenvalue weighted by Gasteiger charge is 2.34. The van der Waals surface area contributed by atoms with Crippen LogP contribution in [0.4, 0.5) is 13.2 Å². The number of ketones is 1. The van der Waals surface area contributed by atoms with Gasteiger partial charge in [-0.2, -0.15) is 13.2 Å². The van der Waals surface area contributed by atoms with Crippen LogP contribution in [0.3, 0.4) is 0 Å². The van der Waals surface area contributed by atoms with E-state index in [2.05, 4.69) is 0 Å². The second kappa shape index (κ2) is 5.17. The highest BCUT2D eigenvalue weighted by atomic mass is 19.4. The van der Waals surface area contributed by atoms with Gasteiger partial charge in [-0.15, -0.1) is 0 Å². The van der Waals surface area contributed by atoms with E-state index in [-0.39, 0.29) is 11.5 Å². The number of hydrogen-bond donors (Lipinski definition) is 0. The average Bonchev–Trinajstić information content (AvgIpc) is 2.89. The van der Waals surface area contributed by atoms with Crippen LogP contribution in [0.25, 0.3) is 0 Å². The van der Waals surface area contributed by atoms with Crippen molar-refractivity contribution in [2.45, 2.75) is 6.18 Å². The zero-order chi connectivity index (χ0) is 13.9. The molecule has 2 aromatic rings. The molecule has 1 heterocycles. The highest BCUT2D eigenvalue weighted by molar-refractivity contribution is 5.94. The van der Waals surface area contributed by atoms with Crippen LogP contribution in [0.5, 0.6) is 5.75 Å². The van der Waals surface area contributed by atoms with Gasteiger partial charge in [-0.05, 0) is 24.3 Å². The first-order valence-corrected chi connectivity index (χ1v) is 5.34. The summed E-state index contributed by atoms with van der Waals surface area (Å²) in [6.45, 7) is -0.513. The third-order valence-corrected chi connectivity index (χ3v) is 2.35. The highest BCUT2D eigenvalue weighted by Crippen LogP contribution is 2.35. The van der Waals surface area contributed by atoms with Crippen molar-refractivity contribution in [3.8, 4) is 5.75 Å². The summed E-state index contributed by atoms with van der Waals surface area (Å²) in [7, 11) is 0. The maximum atomic E-state index is 12.7. The molecule has 0 fully saturated rings. The van der Waals surface area contributed by atoms with E-state index < -0.39 is 24.1 Å². The number of benzene rings is 1. The molecule has 0 N–H and O–H groups in total. The van der Waals surface area contributed by atoms with Gasteiger partial charge in [-0.3, -0.25) is 4.79 Å². The van der Waals surface area contributed by atoms with E-state index in [1.165, 1.54) is 30.5 Å². The van der Waals surface area contributed by atoms with Gasteiger partial charge >= 0.3 is 6.18 Å². The maximum Gasteiger partial charge on any atom is 0.419 e. The molecular weight excluding hydrogens is 261 g/mol. The predicted molar refractivity (Wildman–Crippen MR) is 60.0 cm³/mol. The summed E-state index contributed by atoms with van der Waals surface area (Å²) in [5.41, 5.74) is -0.915. The number of Topliss-reactive ketones (excluding diaryl/α,β-unsaturated/α-hetero) is 1. The number of para-hydroxylation sites is 1. The SMILES string of the molecule is O=C(COc1ccccc1C(F)(F)F)c1ccco1. The van der Waals surface area contributed by atoms with Crippen molar-refractivity contribution in [2.75, 3.05) is 6.61 Å². The first-order chi connectivity index (χ1) is 8.98. The molecule has 19 heavy (non-hydrogen) atoms. The largest absolute Gasteiger partial charge is 0.485 e. The zero-order valence-electron chi connectivity index (χ0n) is 9.61. The standard InChI is InChI=1S/C13H9F3O3/c14-13(15,16)9-4-1-2-5-11(9)19-8-10(17)12-6-3-7-18-12/h1-7H,8H2. The van der Waals surface area contributed by atoms with Gasteiger partial charge in [-0.25, -0.2) is 0 Å². The van der Waals surface area contributed by atoms with Gasteiger partial charge in [0.2, 0.25) is 5.78 Å². The van der Waals surface area contributed by atoms with Crippen LogP contribution < -0.4 is 4.74 Å². The molecule has 6 heteroatoms. The molecule has 0 aliphatic heterocycles. The molecule has 0 unspecified atom stereocenters. The first-order valence-electron chi connectivity index (χ1n) is 5.34. The number of carbonyl (C=O) groups excluding carboxylic acids is 1. The fraction of sp³-hybridized carbons (Fsp3) is 0.154. The minimum Gasteiger partial charge on any atom is -0.485 e. The Labute approximate surface area is 106 Å². The molecule has 0 saturated carbocycles. The summed E-state index contributed by atoms with van der Waals surface area (Å²) < 4.78 is 47.7. The number of rotatable bonds is 4. The van der Waals surface area contributed by atoms with E-state index >= 15 is 0 Å². The van der Waals surface area contributed by atoms with E-state index in [0.29, 0.717) is 0 Å². The minimum atomic E-state index is -4.52. The quantitative estimate of drug-likeness (QED) is 0.797. The van der Waals surface area contributed by atoms with Crippen molar-refractivity contribution in [2.24, 2.45) is 0 Å². The van der Waals surface area contributed by atoms with E-state index in [1.54, 1.807) is 0 Å².